The van der Waals surface area contributed by atoms with Crippen molar-refractivity contribution in [1.29, 1.82) is 0 Å². The van der Waals surface area contributed by atoms with Gasteiger partial charge < -0.3 is 20.5 Å². The highest BCUT2D eigenvalue weighted by Gasteiger charge is 2.25. The number of amides is 1. The molecule has 3 N–H and O–H groups in total. The molecule has 20 heavy (non-hydrogen) atoms. The molecular weight excluding hydrogens is 256 g/mol. The van der Waals surface area contributed by atoms with Gasteiger partial charge in [-0.1, -0.05) is 6.07 Å². The summed E-state index contributed by atoms with van der Waals surface area (Å²) in [4.78, 5) is 14.2. The van der Waals surface area contributed by atoms with Gasteiger partial charge in [0.25, 0.3) is 0 Å². The van der Waals surface area contributed by atoms with E-state index in [1.807, 2.05) is 11.0 Å². The monoisotopic (exact) mass is 278 g/mol. The zero-order valence-electron chi connectivity index (χ0n) is 11.8. The number of nitrogens with zero attached hydrogens (tertiary/aromatic N) is 1. The Bertz CT molecular complexity index is 470. The first-order valence-electron chi connectivity index (χ1n) is 7.00. The van der Waals surface area contributed by atoms with E-state index in [2.05, 4.69) is 0 Å². The molecule has 0 bridgehead atoms. The first-order valence-corrected chi connectivity index (χ1v) is 7.00. The average molecular weight is 278 g/mol. The topological polar surface area (TPSA) is 75.8 Å². The Morgan fingerprint density at radius 3 is 2.70 bits per heavy atom. The van der Waals surface area contributed by atoms with E-state index in [4.69, 9.17) is 10.5 Å². The summed E-state index contributed by atoms with van der Waals surface area (Å²) in [5, 5.41) is 9.78. The van der Waals surface area contributed by atoms with Crippen LogP contribution >= 0.6 is 0 Å². The Labute approximate surface area is 119 Å². The van der Waals surface area contributed by atoms with Gasteiger partial charge in [-0.25, -0.2) is 0 Å². The lowest BCUT2D eigenvalue weighted by Gasteiger charge is -2.22. The molecule has 0 spiro atoms. The SMILES string of the molecule is COc1ccc(CC(CN)C(=O)N2CCCC2)cc1O. The van der Waals surface area contributed by atoms with E-state index in [-0.39, 0.29) is 17.6 Å². The van der Waals surface area contributed by atoms with Gasteiger partial charge in [-0.3, -0.25) is 4.79 Å². The number of likely N-dealkylation sites (tertiary alicyclic amines) is 1. The van der Waals surface area contributed by atoms with Crippen LogP contribution in [0.25, 0.3) is 0 Å². The number of aromatic hydroxyl groups is 1. The molecule has 1 heterocycles. The zero-order valence-corrected chi connectivity index (χ0v) is 11.8. The predicted octanol–water partition coefficient (Wildman–Crippen LogP) is 1.14. The smallest absolute Gasteiger partial charge is 0.227 e. The van der Waals surface area contributed by atoms with Gasteiger partial charge in [0.1, 0.15) is 0 Å². The number of benzene rings is 1. The summed E-state index contributed by atoms with van der Waals surface area (Å²) < 4.78 is 5.01. The van der Waals surface area contributed by atoms with Crippen LogP contribution < -0.4 is 10.5 Å². The van der Waals surface area contributed by atoms with Crippen LogP contribution in [0.5, 0.6) is 11.5 Å². The summed E-state index contributed by atoms with van der Waals surface area (Å²) >= 11 is 0. The molecule has 5 heteroatoms. The molecule has 5 nitrogen and oxygen atoms in total. The van der Waals surface area contributed by atoms with Crippen molar-refractivity contribution in [3.8, 4) is 11.5 Å². The predicted molar refractivity (Wildman–Crippen MR) is 76.7 cm³/mol. The minimum absolute atomic E-state index is 0.0920. The van der Waals surface area contributed by atoms with Crippen LogP contribution in [0.2, 0.25) is 0 Å². The summed E-state index contributed by atoms with van der Waals surface area (Å²) in [6.07, 6.45) is 2.70. The maximum absolute atomic E-state index is 12.3. The first kappa shape index (κ1) is 14.7. The van der Waals surface area contributed by atoms with Crippen LogP contribution in [0.3, 0.4) is 0 Å². The van der Waals surface area contributed by atoms with E-state index in [1.54, 1.807) is 12.1 Å². The molecule has 1 unspecified atom stereocenters. The lowest BCUT2D eigenvalue weighted by atomic mass is 9.97. The summed E-state index contributed by atoms with van der Waals surface area (Å²) in [7, 11) is 1.51. The fraction of sp³-hybridized carbons (Fsp3) is 0.533. The molecule has 1 aromatic rings. The quantitative estimate of drug-likeness (QED) is 0.847. The Hall–Kier alpha value is -1.75. The number of methoxy groups -OCH3 is 1. The van der Waals surface area contributed by atoms with Crippen molar-refractivity contribution in [3.63, 3.8) is 0 Å². The lowest BCUT2D eigenvalue weighted by Crippen LogP contribution is -2.38. The van der Waals surface area contributed by atoms with Crippen molar-refractivity contribution in [3.05, 3.63) is 23.8 Å². The highest BCUT2D eigenvalue weighted by molar-refractivity contribution is 5.79. The van der Waals surface area contributed by atoms with Crippen LogP contribution in [0, 0.1) is 5.92 Å². The van der Waals surface area contributed by atoms with E-state index in [9.17, 15) is 9.90 Å². The largest absolute Gasteiger partial charge is 0.504 e. The van der Waals surface area contributed by atoms with Crippen molar-refractivity contribution in [2.24, 2.45) is 11.7 Å². The maximum Gasteiger partial charge on any atom is 0.227 e. The Balaban J connectivity index is 2.05. The van der Waals surface area contributed by atoms with Crippen molar-refractivity contribution < 1.29 is 14.6 Å². The molecule has 1 amide bonds. The Morgan fingerprint density at radius 1 is 1.45 bits per heavy atom. The molecule has 0 radical (unpaired) electrons. The molecule has 0 aliphatic carbocycles. The molecular formula is C15H22N2O3. The van der Waals surface area contributed by atoms with Gasteiger partial charge in [-0.15, -0.1) is 0 Å². The molecule has 1 fully saturated rings. The zero-order chi connectivity index (χ0) is 14.5. The second kappa shape index (κ2) is 6.61. The van der Waals surface area contributed by atoms with Gasteiger partial charge in [-0.05, 0) is 37.0 Å². The second-order valence-electron chi connectivity index (χ2n) is 5.18. The highest BCUT2D eigenvalue weighted by Crippen LogP contribution is 2.27. The van der Waals surface area contributed by atoms with E-state index in [0.717, 1.165) is 31.5 Å². The van der Waals surface area contributed by atoms with Crippen LogP contribution in [-0.2, 0) is 11.2 Å². The summed E-state index contributed by atoms with van der Waals surface area (Å²) in [5.74, 6) is 0.430. The third-order valence-electron chi connectivity index (χ3n) is 3.78. The van der Waals surface area contributed by atoms with E-state index < -0.39 is 0 Å². The number of phenolic OH excluding ortho intramolecular Hbond substituents is 1. The Morgan fingerprint density at radius 2 is 2.15 bits per heavy atom. The van der Waals surface area contributed by atoms with Gasteiger partial charge in [0.15, 0.2) is 11.5 Å². The third kappa shape index (κ3) is 3.22. The number of hydrogen-bond donors (Lipinski definition) is 2. The molecule has 1 aliphatic rings. The van der Waals surface area contributed by atoms with E-state index >= 15 is 0 Å². The molecule has 1 atom stereocenters. The van der Waals surface area contributed by atoms with Gasteiger partial charge in [-0.2, -0.15) is 0 Å². The normalized spacial score (nSPS) is 16.2. The van der Waals surface area contributed by atoms with E-state index in [0.29, 0.717) is 18.7 Å². The number of rotatable bonds is 5. The highest BCUT2D eigenvalue weighted by atomic mass is 16.5. The number of ether oxygens (including phenoxy) is 1. The van der Waals surface area contributed by atoms with Crippen molar-refractivity contribution >= 4 is 5.91 Å². The van der Waals surface area contributed by atoms with E-state index in [1.165, 1.54) is 7.11 Å². The summed E-state index contributed by atoms with van der Waals surface area (Å²) in [5.41, 5.74) is 6.64. The van der Waals surface area contributed by atoms with Gasteiger partial charge >= 0.3 is 0 Å². The minimum Gasteiger partial charge on any atom is -0.504 e. The molecule has 1 saturated heterocycles. The molecule has 1 aliphatic heterocycles. The van der Waals surface area contributed by atoms with Crippen molar-refractivity contribution in [2.75, 3.05) is 26.7 Å². The molecule has 1 aromatic carbocycles. The van der Waals surface area contributed by atoms with Gasteiger partial charge in [0.05, 0.1) is 13.0 Å². The van der Waals surface area contributed by atoms with Crippen LogP contribution in [0.1, 0.15) is 18.4 Å². The average Bonchev–Trinajstić information content (AvgIpc) is 2.98. The number of nitrogens with two attached hydrogens (primary N) is 1. The molecule has 0 aromatic heterocycles. The van der Waals surface area contributed by atoms with Crippen LogP contribution in [-0.4, -0.2) is 42.7 Å². The van der Waals surface area contributed by atoms with Crippen LogP contribution in [0.15, 0.2) is 18.2 Å². The van der Waals surface area contributed by atoms with Crippen LogP contribution in [0.4, 0.5) is 0 Å². The first-order chi connectivity index (χ1) is 9.65. The molecule has 110 valence electrons. The van der Waals surface area contributed by atoms with Crippen molar-refractivity contribution in [1.82, 2.24) is 4.90 Å². The van der Waals surface area contributed by atoms with Crippen molar-refractivity contribution in [2.45, 2.75) is 19.3 Å². The molecule has 0 saturated carbocycles. The minimum atomic E-state index is -0.221. The maximum atomic E-state index is 12.3. The fourth-order valence-corrected chi connectivity index (χ4v) is 2.61. The number of phenols is 1. The number of carbonyl (C=O) groups excluding carboxylic acids is 1. The van der Waals surface area contributed by atoms with Gasteiger partial charge in [0, 0.05) is 19.6 Å². The Kier molecular flexibility index (Phi) is 4.84. The molecule has 2 rings (SSSR count). The second-order valence-corrected chi connectivity index (χ2v) is 5.18. The fourth-order valence-electron chi connectivity index (χ4n) is 2.61. The third-order valence-corrected chi connectivity index (χ3v) is 3.78. The standard InChI is InChI=1S/C15H22N2O3/c1-20-14-5-4-11(9-13(14)18)8-12(10-16)15(19)17-6-2-3-7-17/h4-5,9,12,18H,2-3,6-8,10,16H2,1H3. The summed E-state index contributed by atoms with van der Waals surface area (Å²) in [6.45, 7) is 1.99. The summed E-state index contributed by atoms with van der Waals surface area (Å²) in [6, 6.07) is 5.20. The lowest BCUT2D eigenvalue weighted by molar-refractivity contribution is -0.134. The number of hydrogen-bond acceptors (Lipinski definition) is 4. The number of carbonyl (C=O) groups is 1. The van der Waals surface area contributed by atoms with Gasteiger partial charge in [0.2, 0.25) is 5.91 Å².